The van der Waals surface area contributed by atoms with E-state index < -0.39 is 62.1 Å². The normalized spacial score (nSPS) is 24.8. The molecule has 1 aliphatic heterocycles. The molecule has 1 unspecified atom stereocenters. The summed E-state index contributed by atoms with van der Waals surface area (Å²) in [6.45, 7) is 3.86. The first-order chi connectivity index (χ1) is 18.8. The summed E-state index contributed by atoms with van der Waals surface area (Å²) in [7, 11) is -2.93. The van der Waals surface area contributed by atoms with Crippen LogP contribution in [0.1, 0.15) is 25.6 Å². The first-order valence-electron chi connectivity index (χ1n) is 12.1. The Balaban J connectivity index is 1.53. The van der Waals surface area contributed by atoms with Gasteiger partial charge in [0.2, 0.25) is 0 Å². The van der Waals surface area contributed by atoms with E-state index in [9.17, 15) is 24.4 Å². The smallest absolute Gasteiger partial charge is 0.468 e. The van der Waals surface area contributed by atoms with Gasteiger partial charge in [-0.3, -0.25) is 23.7 Å². The number of aryl methyl sites for hydroxylation is 1. The number of aliphatic hydroxyl groups excluding tert-OH is 1. The van der Waals surface area contributed by atoms with Crippen LogP contribution in [0.5, 0.6) is 5.75 Å². The highest BCUT2D eigenvalue weighted by molar-refractivity contribution is 7.59. The third-order valence-electron chi connectivity index (χ3n) is 6.35. The lowest BCUT2D eigenvalue weighted by molar-refractivity contribution is -0.142. The zero-order valence-corrected chi connectivity index (χ0v) is 23.8. The molecule has 1 aliphatic rings. The number of rotatable bonds is 10. The molecule has 3 heterocycles. The van der Waals surface area contributed by atoms with Crippen molar-refractivity contribution in [3.63, 3.8) is 0 Å². The Hall–Kier alpha value is -2.97. The molecule has 0 radical (unpaired) electrons. The van der Waals surface area contributed by atoms with Crippen LogP contribution in [0.15, 0.2) is 57.6 Å². The second-order valence-electron chi connectivity index (χ2n) is 9.38. The molecular formula is C25H30FN3O9PS+. The zero-order valence-electron chi connectivity index (χ0n) is 22.1. The Kier molecular flexibility index (Phi) is 8.90. The first kappa shape index (κ1) is 30.0. The SMILES string of the molecule is COC(=O)[C@H](C)N[P+](O)(OC[C@H]1O[C@@H](n2ccc(=O)[nH]c2=O)[C@](C)(F)[C@@H]1O)Oc1ccc(-c2sccc2C)cc1. The van der Waals surface area contributed by atoms with Gasteiger partial charge in [0.1, 0.15) is 24.9 Å². The van der Waals surface area contributed by atoms with Crippen molar-refractivity contribution in [3.8, 4) is 16.2 Å². The van der Waals surface area contributed by atoms with E-state index in [0.717, 1.165) is 39.8 Å². The Morgan fingerprint density at radius 1 is 1.30 bits per heavy atom. The topological polar surface area (TPSA) is 161 Å². The van der Waals surface area contributed by atoms with Gasteiger partial charge in [0.15, 0.2) is 17.6 Å². The van der Waals surface area contributed by atoms with E-state index in [4.69, 9.17) is 18.5 Å². The number of alkyl halides is 1. The summed E-state index contributed by atoms with van der Waals surface area (Å²) in [5.74, 6) is -0.501. The van der Waals surface area contributed by atoms with Crippen molar-refractivity contribution in [1.29, 1.82) is 0 Å². The standard InChI is InChI=1S/C25H29FN3O9PS/c1-14-10-12-40-20(14)16-5-7-17(8-6-16)38-39(34,28-15(2)22(32)35-4)36-13-18-21(31)25(3,26)23(37-18)29-11-9-19(30)27-24(29)33/h5-12,15,18,21,23,28,31,34H,13H2,1-4H3/p+1/t15-,18+,21+,23+,25+,39?/m0/s1. The molecule has 0 amide bonds. The number of hydrogen-bond acceptors (Lipinski definition) is 11. The summed E-state index contributed by atoms with van der Waals surface area (Å²) in [5.41, 5.74) is -2.05. The predicted octanol–water partition coefficient (Wildman–Crippen LogP) is 2.48. The zero-order chi connectivity index (χ0) is 29.2. The summed E-state index contributed by atoms with van der Waals surface area (Å²) in [5, 5.41) is 15.2. The average Bonchev–Trinajstić information content (AvgIpc) is 3.43. The third kappa shape index (κ3) is 6.33. The number of ether oxygens (including phenoxy) is 2. The van der Waals surface area contributed by atoms with E-state index >= 15 is 4.39 Å². The number of nitrogens with zero attached hydrogens (tertiary/aromatic N) is 1. The number of carbonyl (C=O) groups is 1. The molecule has 0 aliphatic carbocycles. The quantitative estimate of drug-likeness (QED) is 0.202. The molecule has 4 rings (SSSR count). The van der Waals surface area contributed by atoms with Crippen molar-refractivity contribution >= 4 is 25.4 Å². The Bertz CT molecular complexity index is 1460. The number of methoxy groups -OCH3 is 1. The molecule has 4 N–H and O–H groups in total. The highest BCUT2D eigenvalue weighted by Crippen LogP contribution is 2.54. The van der Waals surface area contributed by atoms with Crippen LogP contribution in [-0.4, -0.2) is 63.2 Å². The van der Waals surface area contributed by atoms with Crippen LogP contribution < -0.4 is 20.9 Å². The molecule has 1 fully saturated rings. The lowest BCUT2D eigenvalue weighted by Gasteiger charge is -2.24. The molecule has 2 aromatic heterocycles. The van der Waals surface area contributed by atoms with E-state index in [2.05, 4.69) is 5.09 Å². The second-order valence-corrected chi connectivity index (χ2v) is 12.0. The fraction of sp³-hybridized carbons (Fsp3) is 0.400. The number of H-pyrrole nitrogens is 1. The summed E-state index contributed by atoms with van der Waals surface area (Å²) >= 11 is 1.58. The van der Waals surface area contributed by atoms with Gasteiger partial charge in [-0.15, -0.1) is 11.3 Å². The van der Waals surface area contributed by atoms with Gasteiger partial charge in [0.05, 0.1) is 7.11 Å². The van der Waals surface area contributed by atoms with Gasteiger partial charge in [-0.1, -0.05) is 5.09 Å². The number of esters is 1. The maximum Gasteiger partial charge on any atom is 0.544 e. The molecule has 216 valence electrons. The van der Waals surface area contributed by atoms with Crippen LogP contribution in [0.2, 0.25) is 0 Å². The molecule has 15 heteroatoms. The number of hydrogen-bond donors (Lipinski definition) is 4. The van der Waals surface area contributed by atoms with Gasteiger partial charge >= 0.3 is 19.8 Å². The lowest BCUT2D eigenvalue weighted by Crippen LogP contribution is -2.44. The van der Waals surface area contributed by atoms with E-state index in [0.29, 0.717) is 0 Å². The van der Waals surface area contributed by atoms with Crippen molar-refractivity contribution in [1.82, 2.24) is 14.6 Å². The van der Waals surface area contributed by atoms with Crippen molar-refractivity contribution in [2.24, 2.45) is 0 Å². The third-order valence-corrected chi connectivity index (χ3v) is 9.09. The maximum absolute atomic E-state index is 15.6. The lowest BCUT2D eigenvalue weighted by atomic mass is 9.98. The van der Waals surface area contributed by atoms with Crippen LogP contribution in [0.3, 0.4) is 0 Å². The average molecular weight is 599 g/mol. The number of nitrogens with one attached hydrogen (secondary N) is 2. The number of aromatic nitrogens is 2. The van der Waals surface area contributed by atoms with Gasteiger partial charge < -0.3 is 14.6 Å². The minimum absolute atomic E-state index is 0.208. The fourth-order valence-electron chi connectivity index (χ4n) is 4.18. The highest BCUT2D eigenvalue weighted by Gasteiger charge is 2.57. The van der Waals surface area contributed by atoms with Crippen LogP contribution in [0.4, 0.5) is 4.39 Å². The fourth-order valence-corrected chi connectivity index (χ4v) is 6.65. The summed E-state index contributed by atoms with van der Waals surface area (Å²) in [6, 6.07) is 8.78. The summed E-state index contributed by atoms with van der Waals surface area (Å²) < 4.78 is 38.1. The van der Waals surface area contributed by atoms with Crippen LogP contribution >= 0.6 is 19.4 Å². The Morgan fingerprint density at radius 2 is 2.00 bits per heavy atom. The largest absolute Gasteiger partial charge is 0.544 e. The van der Waals surface area contributed by atoms with Crippen molar-refractivity contribution < 1.29 is 37.7 Å². The summed E-state index contributed by atoms with van der Waals surface area (Å²) in [6.07, 6.45) is -3.72. The van der Waals surface area contributed by atoms with Gasteiger partial charge in [-0.05, 0) is 67.6 Å². The molecule has 1 aromatic carbocycles. The number of thiophene rings is 1. The maximum atomic E-state index is 15.6. The number of aliphatic hydroxyl groups is 1. The molecule has 40 heavy (non-hydrogen) atoms. The van der Waals surface area contributed by atoms with Crippen LogP contribution in [0, 0.1) is 6.92 Å². The highest BCUT2D eigenvalue weighted by atomic mass is 32.1. The number of halogens is 1. The van der Waals surface area contributed by atoms with E-state index in [1.165, 1.54) is 14.0 Å². The van der Waals surface area contributed by atoms with Gasteiger partial charge in [0, 0.05) is 17.1 Å². The number of aromatic amines is 1. The monoisotopic (exact) mass is 598 g/mol. The molecule has 0 spiro atoms. The first-order valence-corrected chi connectivity index (χ1v) is 14.6. The van der Waals surface area contributed by atoms with Crippen molar-refractivity contribution in [2.45, 2.75) is 50.9 Å². The number of benzene rings is 1. The summed E-state index contributed by atoms with van der Waals surface area (Å²) in [4.78, 5) is 50.1. The molecule has 12 nitrogen and oxygen atoms in total. The minimum atomic E-state index is -4.11. The molecular weight excluding hydrogens is 568 g/mol. The second kappa shape index (κ2) is 11.9. The molecule has 0 bridgehead atoms. The van der Waals surface area contributed by atoms with Crippen LogP contribution in [-0.2, 0) is 18.8 Å². The minimum Gasteiger partial charge on any atom is -0.468 e. The molecule has 6 atom stereocenters. The Morgan fingerprint density at radius 3 is 2.60 bits per heavy atom. The van der Waals surface area contributed by atoms with Gasteiger partial charge in [0.25, 0.3) is 5.56 Å². The van der Waals surface area contributed by atoms with Gasteiger partial charge in [-0.2, -0.15) is 9.42 Å². The van der Waals surface area contributed by atoms with Gasteiger partial charge in [-0.25, -0.2) is 9.18 Å². The van der Waals surface area contributed by atoms with Crippen molar-refractivity contribution in [2.75, 3.05) is 13.7 Å². The number of carbonyl (C=O) groups excluding carboxylic acids is 1. The molecule has 0 saturated carbocycles. The van der Waals surface area contributed by atoms with Crippen molar-refractivity contribution in [3.05, 3.63) is 74.4 Å². The van der Waals surface area contributed by atoms with E-state index in [1.54, 1.807) is 35.6 Å². The van der Waals surface area contributed by atoms with Crippen LogP contribution in [0.25, 0.3) is 10.4 Å². The Labute approximate surface area is 232 Å². The predicted molar refractivity (Wildman–Crippen MR) is 146 cm³/mol. The molecule has 1 saturated heterocycles. The van der Waals surface area contributed by atoms with E-state index in [1.807, 2.05) is 23.4 Å². The molecule has 3 aromatic rings. The van der Waals surface area contributed by atoms with E-state index in [-0.39, 0.29) is 5.75 Å².